The van der Waals surface area contributed by atoms with Gasteiger partial charge in [0.2, 0.25) is 0 Å². The van der Waals surface area contributed by atoms with Crippen molar-refractivity contribution in [2.45, 2.75) is 13.8 Å². The summed E-state index contributed by atoms with van der Waals surface area (Å²) in [6.07, 6.45) is 0. The second-order valence-electron chi connectivity index (χ2n) is 5.36. The van der Waals surface area contributed by atoms with E-state index in [0.717, 1.165) is 0 Å². The van der Waals surface area contributed by atoms with Crippen LogP contribution < -0.4 is 62.3 Å². The average molecular weight is 562 g/mol. The molecule has 0 heterocycles. The van der Waals surface area contributed by atoms with E-state index in [-0.39, 0.29) is 75.6 Å². The van der Waals surface area contributed by atoms with Crippen LogP contribution in [0.3, 0.4) is 0 Å². The van der Waals surface area contributed by atoms with E-state index in [1.54, 1.807) is 13.8 Å². The topological polar surface area (TPSA) is 149 Å². The zero-order valence-electron chi connectivity index (χ0n) is 16.3. The van der Waals surface area contributed by atoms with Gasteiger partial charge in [-0.1, -0.05) is 31.9 Å². The number of aryl methyl sites for hydroxylation is 2. The van der Waals surface area contributed by atoms with Gasteiger partial charge in [0.1, 0.15) is 4.91 Å². The van der Waals surface area contributed by atoms with E-state index < -0.39 is 14.9 Å². The van der Waals surface area contributed by atoms with Gasteiger partial charge in [-0.15, -0.1) is 11.0 Å². The summed E-state index contributed by atoms with van der Waals surface area (Å²) in [7, 11) is 0. The molecule has 0 unspecified atom stereocenters. The van der Waals surface area contributed by atoms with Gasteiger partial charge in [-0.3, -0.25) is 20.2 Å². The molecule has 0 aliphatic rings. The fraction of sp³-hybridized carbons (Fsp3) is 0.143. The molecule has 0 aromatic heterocycles. The number of nitro benzene ring substituents is 2. The van der Waals surface area contributed by atoms with Gasteiger partial charge in [-0.05, 0) is 47.0 Å². The van der Waals surface area contributed by atoms with Crippen molar-refractivity contribution in [3.05, 3.63) is 69.5 Å². The molecule has 0 radical (unpaired) electrons. The predicted octanol–water partition coefficient (Wildman–Crippen LogP) is 1.76. The molecular weight excluding hydrogens is 549 g/mol. The quantitative estimate of drug-likeness (QED) is 0.279. The maximum Gasteiger partial charge on any atom is 1.00 e. The van der Waals surface area contributed by atoms with E-state index in [1.807, 2.05) is 0 Å². The van der Waals surface area contributed by atoms with Crippen LogP contribution in [0, 0.1) is 39.0 Å². The summed E-state index contributed by atoms with van der Waals surface area (Å²) in [5.74, 6) is 0. The Hall–Kier alpha value is -1.36. The standard InChI is InChI=1S/C14H12Br2N5O7.K.H/c1-7-3-11(13(19(22)23)5-9(7)15)17-27-21(26)28-18-12-4-8(2)10(16)6-14(12)20(24)25;;/h3-6,17-18H,1-2H3;;/q2*+1;-1. The van der Waals surface area contributed by atoms with Crippen molar-refractivity contribution in [3.8, 4) is 0 Å². The Morgan fingerprint density at radius 1 is 0.828 bits per heavy atom. The van der Waals surface area contributed by atoms with Gasteiger partial charge in [0.15, 0.2) is 11.4 Å². The maximum absolute atomic E-state index is 11.6. The van der Waals surface area contributed by atoms with E-state index in [0.29, 0.717) is 20.1 Å². The molecule has 150 valence electrons. The largest absolute Gasteiger partial charge is 1.00 e. The summed E-state index contributed by atoms with van der Waals surface area (Å²) in [5.41, 5.74) is 4.61. The summed E-state index contributed by atoms with van der Waals surface area (Å²) < 4.78 is 0.999. The maximum atomic E-state index is 11.6. The van der Waals surface area contributed by atoms with Crippen molar-refractivity contribution in [2.75, 3.05) is 11.0 Å². The van der Waals surface area contributed by atoms with Crippen molar-refractivity contribution < 1.29 is 77.6 Å². The number of anilines is 2. The molecule has 0 saturated carbocycles. The Labute approximate surface area is 224 Å². The normalized spacial score (nSPS) is 9.79. The molecule has 0 fully saturated rings. The molecule has 12 nitrogen and oxygen atoms in total. The summed E-state index contributed by atoms with van der Waals surface area (Å²) >= 11 is 6.34. The van der Waals surface area contributed by atoms with Crippen molar-refractivity contribution in [3.63, 3.8) is 0 Å². The second-order valence-corrected chi connectivity index (χ2v) is 7.07. The molecule has 15 heteroatoms. The Balaban J connectivity index is 0.00000420. The molecule has 2 aromatic rings. The van der Waals surface area contributed by atoms with Gasteiger partial charge in [0.05, 0.1) is 9.85 Å². The molecule has 0 aliphatic carbocycles. The average Bonchev–Trinajstić information content (AvgIpc) is 2.62. The van der Waals surface area contributed by atoms with E-state index in [9.17, 15) is 25.1 Å². The minimum atomic E-state index is -0.669. The molecule has 2 N–H and O–H groups in total. The molecule has 2 rings (SSSR count). The first-order chi connectivity index (χ1) is 13.1. The van der Waals surface area contributed by atoms with Crippen LogP contribution in [0.1, 0.15) is 12.6 Å². The molecular formula is C14H13Br2KN5O7+. The van der Waals surface area contributed by atoms with Crippen LogP contribution >= 0.6 is 31.9 Å². The van der Waals surface area contributed by atoms with E-state index in [4.69, 9.17) is 0 Å². The number of rotatable bonds is 8. The zero-order valence-corrected chi connectivity index (χ0v) is 21.6. The number of hydrogen-bond donors (Lipinski definition) is 2. The monoisotopic (exact) mass is 560 g/mol. The Bertz CT molecular complexity index is 907. The van der Waals surface area contributed by atoms with Gasteiger partial charge >= 0.3 is 56.5 Å². The van der Waals surface area contributed by atoms with Crippen molar-refractivity contribution in [2.24, 2.45) is 0 Å². The van der Waals surface area contributed by atoms with Gasteiger partial charge in [-0.2, -0.15) is 0 Å². The van der Waals surface area contributed by atoms with Crippen molar-refractivity contribution in [1.29, 1.82) is 0 Å². The van der Waals surface area contributed by atoms with Crippen LogP contribution in [0.4, 0.5) is 22.7 Å². The first-order valence-electron chi connectivity index (χ1n) is 7.32. The third-order valence-corrected chi connectivity index (χ3v) is 5.12. The van der Waals surface area contributed by atoms with Gasteiger partial charge in [0.25, 0.3) is 11.4 Å². The third kappa shape index (κ3) is 6.83. The molecule has 0 spiro atoms. The minimum Gasteiger partial charge on any atom is -1.00 e. The molecule has 0 amide bonds. The Morgan fingerprint density at radius 2 is 1.17 bits per heavy atom. The van der Waals surface area contributed by atoms with Crippen molar-refractivity contribution >= 4 is 54.6 Å². The zero-order chi connectivity index (χ0) is 21.0. The predicted molar refractivity (Wildman–Crippen MR) is 105 cm³/mol. The summed E-state index contributed by atoms with van der Waals surface area (Å²) in [6, 6.07) is 5.24. The number of nitrogens with one attached hydrogen (secondary N) is 2. The minimum absolute atomic E-state index is 0. The molecule has 2 aromatic carbocycles. The van der Waals surface area contributed by atoms with Crippen LogP contribution in [-0.4, -0.2) is 14.9 Å². The first-order valence-corrected chi connectivity index (χ1v) is 8.91. The smallest absolute Gasteiger partial charge is 1.00 e. The van der Waals surface area contributed by atoms with Crippen LogP contribution in [0.15, 0.2) is 33.2 Å². The van der Waals surface area contributed by atoms with Gasteiger partial charge < -0.3 is 1.43 Å². The molecule has 0 aliphatic heterocycles. The van der Waals surface area contributed by atoms with Crippen LogP contribution in [0.2, 0.25) is 0 Å². The second kappa shape index (κ2) is 11.1. The van der Waals surface area contributed by atoms with E-state index >= 15 is 0 Å². The SMILES string of the molecule is Cc1cc(NO[N+](=O)ONc2cc(C)c(Br)cc2[N+](=O)[O-])c([N+](=O)[O-])cc1Br.[H-].[K+]. The van der Waals surface area contributed by atoms with Gasteiger partial charge in [0, 0.05) is 21.1 Å². The Kier molecular flexibility index (Phi) is 9.86. The van der Waals surface area contributed by atoms with Crippen LogP contribution in [0.5, 0.6) is 0 Å². The first kappa shape index (κ1) is 25.7. The van der Waals surface area contributed by atoms with E-state index in [1.165, 1.54) is 24.3 Å². The number of halogens is 2. The number of nitrogens with zero attached hydrogens (tertiary/aromatic N) is 3. The summed E-state index contributed by atoms with van der Waals surface area (Å²) in [5, 5.41) is 21.7. The fourth-order valence-electron chi connectivity index (χ4n) is 2.00. The molecule has 29 heavy (non-hydrogen) atoms. The van der Waals surface area contributed by atoms with Crippen LogP contribution in [-0.2, 0) is 9.88 Å². The molecule has 0 bridgehead atoms. The van der Waals surface area contributed by atoms with Crippen LogP contribution in [0.25, 0.3) is 0 Å². The summed E-state index contributed by atoms with van der Waals surface area (Å²) in [4.78, 5) is 41.6. The molecule has 0 atom stereocenters. The third-order valence-electron chi connectivity index (χ3n) is 3.41. The Morgan fingerprint density at radius 3 is 1.48 bits per heavy atom. The molecule has 0 saturated heterocycles. The fourth-order valence-corrected chi connectivity index (χ4v) is 2.66. The number of nitro groups is 2. The number of hydrogen-bond acceptors (Lipinski definition) is 9. The number of benzene rings is 2. The van der Waals surface area contributed by atoms with Crippen molar-refractivity contribution in [1.82, 2.24) is 0 Å². The van der Waals surface area contributed by atoms with E-state index in [2.05, 4.69) is 52.7 Å². The summed E-state index contributed by atoms with van der Waals surface area (Å²) in [6.45, 7) is 3.36. The van der Waals surface area contributed by atoms with Gasteiger partial charge in [-0.25, -0.2) is 0 Å².